The second-order valence-electron chi connectivity index (χ2n) is 8.58. The van der Waals surface area contributed by atoms with Crippen molar-refractivity contribution in [1.82, 2.24) is 4.98 Å². The Morgan fingerprint density at radius 3 is 2.67 bits per heavy atom. The number of aryl methyl sites for hydroxylation is 1. The third-order valence-electron chi connectivity index (χ3n) is 6.48. The fourth-order valence-corrected chi connectivity index (χ4v) is 5.77. The Morgan fingerprint density at radius 2 is 1.94 bits per heavy atom. The average Bonchev–Trinajstić information content (AvgIpc) is 3.52. The first-order valence-electron chi connectivity index (χ1n) is 11.7. The molecule has 0 saturated heterocycles. The lowest BCUT2D eigenvalue weighted by molar-refractivity contribution is -0.118. The van der Waals surface area contributed by atoms with Gasteiger partial charge in [-0.25, -0.2) is 0 Å². The topological polar surface area (TPSA) is 92.1 Å². The van der Waals surface area contributed by atoms with Crippen LogP contribution in [0, 0.1) is 0 Å². The SMILES string of the molecule is CCC(=O)N(Cc1ccc(OC)cc1)c1sc2cnccc2c1C(=O)c1ccc2c(c1)CCC2=NO. The van der Waals surface area contributed by atoms with Gasteiger partial charge in [-0.3, -0.25) is 19.5 Å². The number of fused-ring (bicyclic) bond motifs is 2. The molecule has 5 rings (SSSR count). The fraction of sp³-hybridized carbons (Fsp3) is 0.214. The van der Waals surface area contributed by atoms with Crippen molar-refractivity contribution in [2.24, 2.45) is 5.16 Å². The summed E-state index contributed by atoms with van der Waals surface area (Å²) in [6, 6.07) is 14.9. The Kier molecular flexibility index (Phi) is 6.52. The molecule has 0 fully saturated rings. The third-order valence-corrected chi connectivity index (χ3v) is 7.64. The number of ether oxygens (including phenoxy) is 1. The summed E-state index contributed by atoms with van der Waals surface area (Å²) in [5.74, 6) is 0.516. The second kappa shape index (κ2) is 9.91. The van der Waals surface area contributed by atoms with E-state index in [1.165, 1.54) is 11.3 Å². The highest BCUT2D eigenvalue weighted by atomic mass is 32.1. The van der Waals surface area contributed by atoms with Gasteiger partial charge in [-0.15, -0.1) is 11.3 Å². The van der Waals surface area contributed by atoms with Gasteiger partial charge >= 0.3 is 0 Å². The van der Waals surface area contributed by atoms with E-state index in [1.54, 1.807) is 30.5 Å². The van der Waals surface area contributed by atoms with Crippen molar-refractivity contribution in [3.05, 3.63) is 88.7 Å². The highest BCUT2D eigenvalue weighted by Crippen LogP contribution is 2.40. The highest BCUT2D eigenvalue weighted by molar-refractivity contribution is 7.23. The second-order valence-corrected chi connectivity index (χ2v) is 9.61. The summed E-state index contributed by atoms with van der Waals surface area (Å²) in [4.78, 5) is 33.1. The molecule has 8 heteroatoms. The van der Waals surface area contributed by atoms with E-state index < -0.39 is 0 Å². The lowest BCUT2D eigenvalue weighted by atomic mass is 9.98. The highest BCUT2D eigenvalue weighted by Gasteiger charge is 2.28. The van der Waals surface area contributed by atoms with E-state index >= 15 is 0 Å². The number of methoxy groups -OCH3 is 1. The zero-order valence-corrected chi connectivity index (χ0v) is 20.8. The van der Waals surface area contributed by atoms with Gasteiger partial charge in [0.15, 0.2) is 5.78 Å². The van der Waals surface area contributed by atoms with Crippen molar-refractivity contribution in [3.8, 4) is 5.75 Å². The van der Waals surface area contributed by atoms with E-state index in [0.717, 1.165) is 38.9 Å². The zero-order chi connectivity index (χ0) is 25.2. The zero-order valence-electron chi connectivity index (χ0n) is 20.0. The van der Waals surface area contributed by atoms with Crippen LogP contribution in [0.3, 0.4) is 0 Å². The number of oxime groups is 1. The smallest absolute Gasteiger partial charge is 0.227 e. The van der Waals surface area contributed by atoms with Gasteiger partial charge in [0.1, 0.15) is 10.8 Å². The third kappa shape index (κ3) is 4.24. The summed E-state index contributed by atoms with van der Waals surface area (Å²) >= 11 is 1.40. The standard InChI is InChI=1S/C28H25N3O4S/c1-3-25(32)31(16-17-4-8-20(35-2)9-5-17)28-26(22-12-13-29-15-24(22)36-28)27(33)19-6-10-21-18(14-19)7-11-23(21)30-34/h4-6,8-10,12-15,34H,3,7,11,16H2,1-2H3. The molecule has 0 atom stereocenters. The average molecular weight is 500 g/mol. The van der Waals surface area contributed by atoms with Gasteiger partial charge in [0.25, 0.3) is 0 Å². The molecule has 7 nitrogen and oxygen atoms in total. The van der Waals surface area contributed by atoms with Crippen LogP contribution in [0.15, 0.2) is 66.1 Å². The number of carbonyl (C=O) groups excluding carboxylic acids is 2. The maximum atomic E-state index is 14.0. The molecule has 1 amide bonds. The van der Waals surface area contributed by atoms with Gasteiger partial charge in [0.05, 0.1) is 29.6 Å². The Morgan fingerprint density at radius 1 is 1.14 bits per heavy atom. The molecule has 2 aromatic heterocycles. The molecule has 2 aromatic carbocycles. The van der Waals surface area contributed by atoms with Crippen LogP contribution in [-0.2, 0) is 17.8 Å². The van der Waals surface area contributed by atoms with Crippen molar-refractivity contribution in [2.75, 3.05) is 12.0 Å². The summed E-state index contributed by atoms with van der Waals surface area (Å²) in [5, 5.41) is 14.0. The molecule has 0 unspecified atom stereocenters. The predicted octanol–water partition coefficient (Wildman–Crippen LogP) is 5.60. The van der Waals surface area contributed by atoms with E-state index in [1.807, 2.05) is 49.4 Å². The minimum absolute atomic E-state index is 0.0721. The van der Waals surface area contributed by atoms with Crippen molar-refractivity contribution in [2.45, 2.75) is 32.7 Å². The number of pyridine rings is 1. The summed E-state index contributed by atoms with van der Waals surface area (Å²) < 4.78 is 6.10. The van der Waals surface area contributed by atoms with Crippen LogP contribution in [0.4, 0.5) is 5.00 Å². The first-order valence-corrected chi connectivity index (χ1v) is 12.5. The van der Waals surface area contributed by atoms with Gasteiger partial charge in [0, 0.05) is 35.3 Å². The monoisotopic (exact) mass is 499 g/mol. The summed E-state index contributed by atoms with van der Waals surface area (Å²) in [6.07, 6.45) is 5.06. The van der Waals surface area contributed by atoms with Crippen LogP contribution in [0.25, 0.3) is 10.1 Å². The number of aromatic nitrogens is 1. The van der Waals surface area contributed by atoms with Crippen molar-refractivity contribution in [1.29, 1.82) is 0 Å². The Balaban J connectivity index is 1.61. The number of amides is 1. The maximum absolute atomic E-state index is 14.0. The molecule has 0 bridgehead atoms. The van der Waals surface area contributed by atoms with E-state index in [-0.39, 0.29) is 11.7 Å². The van der Waals surface area contributed by atoms with Gasteiger partial charge in [-0.05, 0) is 48.2 Å². The largest absolute Gasteiger partial charge is 0.497 e. The number of rotatable bonds is 7. The molecule has 1 aliphatic rings. The summed E-state index contributed by atoms with van der Waals surface area (Å²) in [6.45, 7) is 2.15. The maximum Gasteiger partial charge on any atom is 0.227 e. The lowest BCUT2D eigenvalue weighted by Crippen LogP contribution is -2.30. The molecular formula is C28H25N3O4S. The fourth-order valence-electron chi connectivity index (χ4n) is 4.58. The van der Waals surface area contributed by atoms with Crippen molar-refractivity contribution >= 4 is 43.8 Å². The molecule has 4 aromatic rings. The molecule has 2 heterocycles. The number of hydrogen-bond donors (Lipinski definition) is 1. The molecule has 182 valence electrons. The molecule has 0 radical (unpaired) electrons. The van der Waals surface area contributed by atoms with Crippen LogP contribution in [-0.4, -0.2) is 34.7 Å². The minimum Gasteiger partial charge on any atom is -0.497 e. The van der Waals surface area contributed by atoms with E-state index in [4.69, 9.17) is 4.74 Å². The van der Waals surface area contributed by atoms with Gasteiger partial charge in [-0.1, -0.05) is 36.3 Å². The number of nitrogens with zero attached hydrogens (tertiary/aromatic N) is 3. The number of thiophene rings is 1. The number of hydrogen-bond acceptors (Lipinski definition) is 7. The summed E-state index contributed by atoms with van der Waals surface area (Å²) in [7, 11) is 1.61. The van der Waals surface area contributed by atoms with E-state index in [9.17, 15) is 14.8 Å². The van der Waals surface area contributed by atoms with Crippen molar-refractivity contribution in [3.63, 3.8) is 0 Å². The van der Waals surface area contributed by atoms with Crippen LogP contribution < -0.4 is 9.64 Å². The van der Waals surface area contributed by atoms with Crippen molar-refractivity contribution < 1.29 is 19.5 Å². The first kappa shape index (κ1) is 23.7. The van der Waals surface area contributed by atoms with Gasteiger partial charge in [0.2, 0.25) is 5.91 Å². The quantitative estimate of drug-likeness (QED) is 0.203. The molecule has 1 N–H and O–H groups in total. The van der Waals surface area contributed by atoms with Crippen LogP contribution >= 0.6 is 11.3 Å². The molecular weight excluding hydrogens is 474 g/mol. The lowest BCUT2D eigenvalue weighted by Gasteiger charge is -2.22. The van der Waals surface area contributed by atoms with Crippen LogP contribution in [0.1, 0.15) is 52.4 Å². The van der Waals surface area contributed by atoms with E-state index in [0.29, 0.717) is 41.2 Å². The Hall–Kier alpha value is -4.04. The molecule has 36 heavy (non-hydrogen) atoms. The van der Waals surface area contributed by atoms with E-state index in [2.05, 4.69) is 10.1 Å². The Labute approximate surface area is 212 Å². The minimum atomic E-state index is -0.150. The summed E-state index contributed by atoms with van der Waals surface area (Å²) in [5.41, 5.74) is 4.46. The van der Waals surface area contributed by atoms with Crippen LogP contribution in [0.2, 0.25) is 0 Å². The van der Waals surface area contributed by atoms with Gasteiger partial charge in [-0.2, -0.15) is 0 Å². The predicted molar refractivity (Wildman–Crippen MR) is 141 cm³/mol. The van der Waals surface area contributed by atoms with Crippen LogP contribution in [0.5, 0.6) is 5.75 Å². The molecule has 0 saturated carbocycles. The molecule has 1 aliphatic carbocycles. The first-order chi connectivity index (χ1) is 17.5. The van der Waals surface area contributed by atoms with Gasteiger partial charge < -0.3 is 9.94 Å². The molecule has 0 spiro atoms. The normalized spacial score (nSPS) is 13.7. The number of carbonyl (C=O) groups is 2. The Bertz CT molecular complexity index is 1490. The number of ketones is 1. The molecule has 0 aliphatic heterocycles. The number of anilines is 1. The number of benzene rings is 2.